The normalized spacial score (nSPS) is 23.6. The van der Waals surface area contributed by atoms with Gasteiger partial charge in [-0.1, -0.05) is 15.9 Å². The fourth-order valence-corrected chi connectivity index (χ4v) is 4.14. The third-order valence-electron chi connectivity index (χ3n) is 3.64. The molecule has 0 radical (unpaired) electrons. The SMILES string of the molecule is CS(=O)(=O)C1CCCC(Oc2ccc(F)cc2CBr)C1. The average molecular weight is 365 g/mol. The molecule has 2 rings (SSSR count). The first-order chi connectivity index (χ1) is 9.40. The van der Waals surface area contributed by atoms with Gasteiger partial charge in [0.05, 0.1) is 11.4 Å². The van der Waals surface area contributed by atoms with Crippen molar-refractivity contribution in [2.45, 2.75) is 42.4 Å². The van der Waals surface area contributed by atoms with E-state index in [0.29, 0.717) is 23.9 Å². The van der Waals surface area contributed by atoms with Gasteiger partial charge >= 0.3 is 0 Å². The van der Waals surface area contributed by atoms with Crippen LogP contribution in [0.1, 0.15) is 31.2 Å². The van der Waals surface area contributed by atoms with Gasteiger partial charge in [-0.3, -0.25) is 0 Å². The standard InChI is InChI=1S/C14H18BrFO3S/c1-20(17,18)13-4-2-3-12(8-13)19-14-6-5-11(16)7-10(14)9-15/h5-7,12-13H,2-4,8-9H2,1H3. The lowest BCUT2D eigenvalue weighted by atomic mass is 9.97. The fraction of sp³-hybridized carbons (Fsp3) is 0.571. The van der Waals surface area contributed by atoms with Crippen LogP contribution < -0.4 is 4.74 Å². The van der Waals surface area contributed by atoms with Crippen LogP contribution in [0.5, 0.6) is 5.75 Å². The molecular weight excluding hydrogens is 347 g/mol. The maximum atomic E-state index is 13.2. The van der Waals surface area contributed by atoms with E-state index in [1.807, 2.05) is 0 Å². The van der Waals surface area contributed by atoms with Crippen LogP contribution in [-0.4, -0.2) is 26.0 Å². The molecule has 1 aromatic carbocycles. The first kappa shape index (κ1) is 15.8. The number of hydrogen-bond acceptors (Lipinski definition) is 3. The van der Waals surface area contributed by atoms with Crippen molar-refractivity contribution >= 4 is 25.8 Å². The summed E-state index contributed by atoms with van der Waals surface area (Å²) in [5, 5.41) is 0.177. The molecule has 2 atom stereocenters. The zero-order valence-electron chi connectivity index (χ0n) is 11.3. The van der Waals surface area contributed by atoms with Gasteiger partial charge in [0.25, 0.3) is 0 Å². The molecule has 1 aliphatic rings. The van der Waals surface area contributed by atoms with E-state index in [0.717, 1.165) is 18.4 Å². The van der Waals surface area contributed by atoms with Gasteiger partial charge in [-0.2, -0.15) is 0 Å². The van der Waals surface area contributed by atoms with Gasteiger partial charge in [0.1, 0.15) is 21.4 Å². The fourth-order valence-electron chi connectivity index (χ4n) is 2.55. The zero-order valence-corrected chi connectivity index (χ0v) is 13.7. The van der Waals surface area contributed by atoms with Crippen LogP contribution in [0.25, 0.3) is 0 Å². The molecule has 1 saturated carbocycles. The van der Waals surface area contributed by atoms with E-state index in [-0.39, 0.29) is 17.2 Å². The van der Waals surface area contributed by atoms with Gasteiger partial charge in [0.2, 0.25) is 0 Å². The lowest BCUT2D eigenvalue weighted by Gasteiger charge is -2.29. The number of hydrogen-bond donors (Lipinski definition) is 0. The summed E-state index contributed by atoms with van der Waals surface area (Å²) in [6.45, 7) is 0. The average Bonchev–Trinajstić information content (AvgIpc) is 2.40. The summed E-state index contributed by atoms with van der Waals surface area (Å²) in [6.07, 6.45) is 4.05. The van der Waals surface area contributed by atoms with Crippen LogP contribution >= 0.6 is 15.9 Å². The van der Waals surface area contributed by atoms with Gasteiger partial charge < -0.3 is 4.74 Å². The van der Waals surface area contributed by atoms with Crippen molar-refractivity contribution in [2.75, 3.05) is 6.26 Å². The monoisotopic (exact) mass is 364 g/mol. The smallest absolute Gasteiger partial charge is 0.150 e. The summed E-state index contributed by atoms with van der Waals surface area (Å²) in [4.78, 5) is 0. The number of benzene rings is 1. The van der Waals surface area contributed by atoms with Crippen molar-refractivity contribution in [3.05, 3.63) is 29.6 Å². The van der Waals surface area contributed by atoms with Gasteiger partial charge in [-0.15, -0.1) is 0 Å². The minimum absolute atomic E-state index is 0.119. The summed E-state index contributed by atoms with van der Waals surface area (Å²) in [5.41, 5.74) is 0.742. The molecule has 3 nitrogen and oxygen atoms in total. The van der Waals surface area contributed by atoms with E-state index in [9.17, 15) is 12.8 Å². The maximum absolute atomic E-state index is 13.2. The zero-order chi connectivity index (χ0) is 14.8. The third-order valence-corrected chi connectivity index (χ3v) is 5.89. The van der Waals surface area contributed by atoms with Crippen molar-refractivity contribution in [1.82, 2.24) is 0 Å². The van der Waals surface area contributed by atoms with Crippen LogP contribution in [0.3, 0.4) is 0 Å². The molecule has 0 spiro atoms. The quantitative estimate of drug-likeness (QED) is 0.768. The largest absolute Gasteiger partial charge is 0.490 e. The molecule has 1 aliphatic carbocycles. The van der Waals surface area contributed by atoms with Crippen molar-refractivity contribution in [3.63, 3.8) is 0 Å². The molecule has 1 fully saturated rings. The third kappa shape index (κ3) is 3.95. The van der Waals surface area contributed by atoms with Gasteiger partial charge in [0, 0.05) is 23.6 Å². The molecule has 0 aromatic heterocycles. The van der Waals surface area contributed by atoms with Crippen molar-refractivity contribution in [1.29, 1.82) is 0 Å². The lowest BCUT2D eigenvalue weighted by molar-refractivity contribution is 0.155. The Balaban J connectivity index is 2.10. The number of ether oxygens (including phenoxy) is 1. The van der Waals surface area contributed by atoms with E-state index in [2.05, 4.69) is 15.9 Å². The molecule has 6 heteroatoms. The molecule has 2 unspecified atom stereocenters. The molecule has 20 heavy (non-hydrogen) atoms. The highest BCUT2D eigenvalue weighted by atomic mass is 79.9. The van der Waals surface area contributed by atoms with Crippen LogP contribution in [0.2, 0.25) is 0 Å². The molecule has 0 saturated heterocycles. The van der Waals surface area contributed by atoms with Crippen LogP contribution in [0.15, 0.2) is 18.2 Å². The molecule has 0 N–H and O–H groups in total. The second kappa shape index (κ2) is 6.43. The predicted molar refractivity (Wildman–Crippen MR) is 80.5 cm³/mol. The molecule has 0 aliphatic heterocycles. The molecule has 0 bridgehead atoms. The Morgan fingerprint density at radius 2 is 2.15 bits per heavy atom. The Kier molecular flexibility index (Phi) is 5.07. The van der Waals surface area contributed by atoms with E-state index in [1.165, 1.54) is 18.4 Å². The highest BCUT2D eigenvalue weighted by Gasteiger charge is 2.30. The van der Waals surface area contributed by atoms with E-state index in [1.54, 1.807) is 6.07 Å². The number of sulfone groups is 1. The summed E-state index contributed by atoms with van der Waals surface area (Å²) in [5.74, 6) is 0.326. The van der Waals surface area contributed by atoms with Gasteiger partial charge in [-0.25, -0.2) is 12.8 Å². The second-order valence-electron chi connectivity index (χ2n) is 5.24. The highest BCUT2D eigenvalue weighted by Crippen LogP contribution is 2.30. The van der Waals surface area contributed by atoms with Crippen molar-refractivity contribution < 1.29 is 17.5 Å². The molecule has 1 aromatic rings. The van der Waals surface area contributed by atoms with Gasteiger partial charge in [-0.05, 0) is 37.5 Å². The van der Waals surface area contributed by atoms with Crippen LogP contribution in [0.4, 0.5) is 4.39 Å². The Morgan fingerprint density at radius 1 is 1.40 bits per heavy atom. The van der Waals surface area contributed by atoms with Crippen molar-refractivity contribution in [2.24, 2.45) is 0 Å². The van der Waals surface area contributed by atoms with Crippen molar-refractivity contribution in [3.8, 4) is 5.75 Å². The Labute approximate surface area is 127 Å². The lowest BCUT2D eigenvalue weighted by Crippen LogP contribution is -2.33. The first-order valence-electron chi connectivity index (χ1n) is 6.60. The Morgan fingerprint density at radius 3 is 2.80 bits per heavy atom. The highest BCUT2D eigenvalue weighted by molar-refractivity contribution is 9.08. The Hall–Kier alpha value is -0.620. The molecule has 0 heterocycles. The van der Waals surface area contributed by atoms with E-state index < -0.39 is 9.84 Å². The topological polar surface area (TPSA) is 43.4 Å². The minimum atomic E-state index is -3.02. The molecule has 0 amide bonds. The first-order valence-corrected chi connectivity index (χ1v) is 9.67. The van der Waals surface area contributed by atoms with E-state index in [4.69, 9.17) is 4.74 Å². The summed E-state index contributed by atoms with van der Waals surface area (Å²) >= 11 is 3.31. The summed E-state index contributed by atoms with van der Waals surface area (Å²) in [7, 11) is -3.02. The Bertz CT molecular complexity index is 574. The molecular formula is C14H18BrFO3S. The maximum Gasteiger partial charge on any atom is 0.150 e. The van der Waals surface area contributed by atoms with Gasteiger partial charge in [0.15, 0.2) is 0 Å². The summed E-state index contributed by atoms with van der Waals surface area (Å²) < 4.78 is 42.4. The number of halogens is 2. The number of rotatable bonds is 4. The predicted octanol–water partition coefficient (Wildman–Crippen LogP) is 3.46. The second-order valence-corrected chi connectivity index (χ2v) is 8.13. The molecule has 112 valence electrons. The number of alkyl halides is 1. The van der Waals surface area contributed by atoms with E-state index >= 15 is 0 Å². The van der Waals surface area contributed by atoms with Crippen LogP contribution in [0, 0.1) is 5.82 Å². The minimum Gasteiger partial charge on any atom is -0.490 e. The summed E-state index contributed by atoms with van der Waals surface area (Å²) in [6, 6.07) is 4.40. The van der Waals surface area contributed by atoms with Crippen LogP contribution in [-0.2, 0) is 15.2 Å².